The van der Waals surface area contributed by atoms with E-state index in [0.29, 0.717) is 6.54 Å². The zero-order valence-corrected chi connectivity index (χ0v) is 11.4. The molecule has 0 bridgehead atoms. The number of rotatable bonds is 11. The molecule has 0 atom stereocenters. The molecule has 0 radical (unpaired) electrons. The predicted molar refractivity (Wildman–Crippen MR) is 69.4 cm³/mol. The molecule has 0 saturated heterocycles. The van der Waals surface area contributed by atoms with Crippen LogP contribution in [0.15, 0.2) is 0 Å². The lowest BCUT2D eigenvalue weighted by molar-refractivity contribution is -0.0327. The first-order chi connectivity index (χ1) is 8.06. The average Bonchev–Trinajstić information content (AvgIpc) is 2.24. The van der Waals surface area contributed by atoms with Crippen LogP contribution in [0, 0.1) is 0 Å². The molecule has 0 aliphatic carbocycles. The molecule has 0 heterocycles. The van der Waals surface area contributed by atoms with E-state index >= 15 is 0 Å². The van der Waals surface area contributed by atoms with Crippen LogP contribution in [0.5, 0.6) is 0 Å². The van der Waals surface area contributed by atoms with Crippen molar-refractivity contribution in [3.8, 4) is 0 Å². The first kappa shape index (κ1) is 17.1. The lowest BCUT2D eigenvalue weighted by atomic mass is 10.1. The normalized spacial score (nSPS) is 12.0. The smallest absolute Gasteiger partial charge is 0.316 e. The van der Waals surface area contributed by atoms with Gasteiger partial charge in [0.05, 0.1) is 0 Å². The van der Waals surface area contributed by atoms with E-state index in [1.165, 1.54) is 38.5 Å². The summed E-state index contributed by atoms with van der Waals surface area (Å²) in [4.78, 5) is 0. The molecule has 0 rings (SSSR count). The molecule has 0 aromatic heterocycles. The number of hydrogen-bond acceptors (Lipinski definition) is 2. The summed E-state index contributed by atoms with van der Waals surface area (Å²) in [5.41, 5.74) is -4.08. The van der Waals surface area contributed by atoms with E-state index in [-0.39, 0.29) is 17.5 Å². The Balaban J connectivity index is 2.99. The molecule has 0 aromatic carbocycles. The molecular weight excluding hydrogens is 247 g/mol. The Morgan fingerprint density at radius 3 is 2.06 bits per heavy atom. The van der Waals surface area contributed by atoms with Crippen LogP contribution in [0.2, 0.25) is 0 Å². The van der Waals surface area contributed by atoms with Gasteiger partial charge in [0.15, 0.2) is 0 Å². The zero-order chi connectivity index (χ0) is 13.0. The molecule has 0 saturated carbocycles. The van der Waals surface area contributed by atoms with E-state index in [2.05, 4.69) is 12.2 Å². The van der Waals surface area contributed by atoms with Gasteiger partial charge in [-0.15, -0.1) is 0 Å². The Hall–Kier alpha value is 0.100. The summed E-state index contributed by atoms with van der Waals surface area (Å²) in [6.07, 6.45) is 8.68. The van der Waals surface area contributed by atoms with Crippen molar-refractivity contribution in [2.75, 3.05) is 18.8 Å². The van der Waals surface area contributed by atoms with Crippen molar-refractivity contribution in [3.63, 3.8) is 0 Å². The number of hydrogen-bond donors (Lipinski definition) is 1. The van der Waals surface area contributed by atoms with E-state index in [4.69, 9.17) is 0 Å². The molecule has 5 heteroatoms. The highest BCUT2D eigenvalue weighted by Gasteiger charge is 2.27. The highest BCUT2D eigenvalue weighted by Crippen LogP contribution is 2.29. The molecule has 0 amide bonds. The van der Waals surface area contributed by atoms with Gasteiger partial charge in [0.25, 0.3) is 0 Å². The second kappa shape index (κ2) is 11.2. The third kappa shape index (κ3) is 16.1. The van der Waals surface area contributed by atoms with Crippen LogP contribution in [0.3, 0.4) is 0 Å². The van der Waals surface area contributed by atoms with E-state index in [1.807, 2.05) is 0 Å². The maximum Gasteiger partial charge on any atom is 0.441 e. The zero-order valence-electron chi connectivity index (χ0n) is 10.6. The highest BCUT2D eigenvalue weighted by molar-refractivity contribution is 8.00. The fourth-order valence-electron chi connectivity index (χ4n) is 1.57. The first-order valence-electron chi connectivity index (χ1n) is 6.47. The second-order valence-corrected chi connectivity index (χ2v) is 5.33. The summed E-state index contributed by atoms with van der Waals surface area (Å²) >= 11 is 0.0485. The Labute approximate surface area is 107 Å². The number of nitrogens with one attached hydrogen (secondary N) is 1. The molecule has 104 valence electrons. The fourth-order valence-corrected chi connectivity index (χ4v) is 2.05. The van der Waals surface area contributed by atoms with Gasteiger partial charge in [-0.3, -0.25) is 0 Å². The summed E-state index contributed by atoms with van der Waals surface area (Å²) in [6.45, 7) is 3.48. The van der Waals surface area contributed by atoms with Crippen molar-refractivity contribution < 1.29 is 13.2 Å². The van der Waals surface area contributed by atoms with Crippen molar-refractivity contribution in [1.29, 1.82) is 0 Å². The van der Waals surface area contributed by atoms with Crippen LogP contribution in [0.25, 0.3) is 0 Å². The summed E-state index contributed by atoms with van der Waals surface area (Å²) in [5.74, 6) is 0.111. The molecule has 0 aromatic rings. The van der Waals surface area contributed by atoms with Crippen LogP contribution in [-0.4, -0.2) is 24.4 Å². The van der Waals surface area contributed by atoms with Crippen molar-refractivity contribution in [2.24, 2.45) is 0 Å². The molecule has 0 spiro atoms. The molecule has 1 nitrogen and oxygen atoms in total. The fraction of sp³-hybridized carbons (Fsp3) is 1.00. The van der Waals surface area contributed by atoms with Crippen molar-refractivity contribution >= 4 is 11.8 Å². The SMILES string of the molecule is CCCCCCCCCNCCSC(F)(F)F. The molecule has 0 aliphatic heterocycles. The van der Waals surface area contributed by atoms with Crippen molar-refractivity contribution in [1.82, 2.24) is 5.32 Å². The Kier molecular flexibility index (Phi) is 11.3. The van der Waals surface area contributed by atoms with Gasteiger partial charge in [-0.25, -0.2) is 0 Å². The minimum Gasteiger partial charge on any atom is -0.316 e. The van der Waals surface area contributed by atoms with Crippen LogP contribution < -0.4 is 5.32 Å². The monoisotopic (exact) mass is 271 g/mol. The van der Waals surface area contributed by atoms with Crippen LogP contribution in [0.1, 0.15) is 51.9 Å². The minimum absolute atomic E-state index is 0.0485. The van der Waals surface area contributed by atoms with Crippen molar-refractivity contribution in [2.45, 2.75) is 57.4 Å². The van der Waals surface area contributed by atoms with Crippen LogP contribution >= 0.6 is 11.8 Å². The Morgan fingerprint density at radius 2 is 1.47 bits per heavy atom. The third-order valence-corrected chi connectivity index (χ3v) is 3.24. The summed E-state index contributed by atoms with van der Waals surface area (Å²) in [7, 11) is 0. The molecule has 17 heavy (non-hydrogen) atoms. The quantitative estimate of drug-likeness (QED) is 0.552. The van der Waals surface area contributed by atoms with E-state index in [0.717, 1.165) is 13.0 Å². The molecule has 0 aliphatic rings. The topological polar surface area (TPSA) is 12.0 Å². The predicted octanol–water partition coefficient (Wildman–Crippen LogP) is 4.58. The van der Waals surface area contributed by atoms with Gasteiger partial charge in [-0.1, -0.05) is 45.4 Å². The van der Waals surface area contributed by atoms with Gasteiger partial charge < -0.3 is 5.32 Å². The average molecular weight is 271 g/mol. The van der Waals surface area contributed by atoms with Gasteiger partial charge in [0, 0.05) is 12.3 Å². The highest BCUT2D eigenvalue weighted by atomic mass is 32.2. The Morgan fingerprint density at radius 1 is 0.882 bits per heavy atom. The summed E-state index contributed by atoms with van der Waals surface area (Å²) in [6, 6.07) is 0. The van der Waals surface area contributed by atoms with Gasteiger partial charge in [-0.2, -0.15) is 13.2 Å². The standard InChI is InChI=1S/C12H24F3NS/c1-2-3-4-5-6-7-8-9-16-10-11-17-12(13,14)15/h16H,2-11H2,1H3. The van der Waals surface area contributed by atoms with Crippen LogP contribution in [0.4, 0.5) is 13.2 Å². The van der Waals surface area contributed by atoms with Gasteiger partial charge in [-0.05, 0) is 24.7 Å². The minimum atomic E-state index is -4.08. The summed E-state index contributed by atoms with van der Waals surface area (Å²) in [5, 5.41) is 3.04. The molecular formula is C12H24F3NS. The van der Waals surface area contributed by atoms with Gasteiger partial charge >= 0.3 is 5.51 Å². The first-order valence-corrected chi connectivity index (χ1v) is 7.46. The van der Waals surface area contributed by atoms with Crippen molar-refractivity contribution in [3.05, 3.63) is 0 Å². The number of unbranched alkanes of at least 4 members (excludes halogenated alkanes) is 6. The number of thioether (sulfide) groups is 1. The van der Waals surface area contributed by atoms with Crippen LogP contribution in [-0.2, 0) is 0 Å². The van der Waals surface area contributed by atoms with E-state index in [1.54, 1.807) is 0 Å². The second-order valence-electron chi connectivity index (χ2n) is 4.17. The van der Waals surface area contributed by atoms with Gasteiger partial charge in [0.2, 0.25) is 0 Å². The molecule has 0 fully saturated rings. The third-order valence-electron chi connectivity index (χ3n) is 2.50. The molecule has 0 unspecified atom stereocenters. The summed E-state index contributed by atoms with van der Waals surface area (Å²) < 4.78 is 35.3. The number of alkyl halides is 3. The Bertz CT molecular complexity index is 162. The lowest BCUT2D eigenvalue weighted by Gasteiger charge is -2.06. The lowest BCUT2D eigenvalue weighted by Crippen LogP contribution is -2.19. The molecule has 1 N–H and O–H groups in total. The maximum absolute atomic E-state index is 11.8. The van der Waals surface area contributed by atoms with E-state index in [9.17, 15) is 13.2 Å². The van der Waals surface area contributed by atoms with Gasteiger partial charge in [0.1, 0.15) is 0 Å². The number of halogens is 3. The van der Waals surface area contributed by atoms with E-state index < -0.39 is 5.51 Å². The largest absolute Gasteiger partial charge is 0.441 e. The maximum atomic E-state index is 11.8.